The molecule has 0 bridgehead atoms. The first-order chi connectivity index (χ1) is 17.1. The maximum Gasteiger partial charge on any atom is 0.228 e. The number of imidazole rings is 1. The van der Waals surface area contributed by atoms with Gasteiger partial charge in [0.25, 0.3) is 0 Å². The molecule has 0 unspecified atom stereocenters. The number of fused-ring (bicyclic) bond motifs is 1. The van der Waals surface area contributed by atoms with Gasteiger partial charge < -0.3 is 19.5 Å². The fourth-order valence-electron chi connectivity index (χ4n) is 4.29. The minimum atomic E-state index is 0.673. The van der Waals surface area contributed by atoms with E-state index in [2.05, 4.69) is 50.6 Å². The highest BCUT2D eigenvalue weighted by Gasteiger charge is 2.17. The Kier molecular flexibility index (Phi) is 5.38. The summed E-state index contributed by atoms with van der Waals surface area (Å²) in [5, 5.41) is 8.94. The molecule has 0 spiro atoms. The number of aromatic nitrogens is 6. The molecule has 1 fully saturated rings. The molecule has 35 heavy (non-hydrogen) atoms. The standard InChI is InChI=1S/C26H26N8O/c1-32-16-23(27-17-32)18-5-7-21(8-6-18)29-25-14-22(30-26(31-25)34-9-11-35-12-10-34)19-3-4-20-15-28-33(2)24(20)13-19/h3-8,13-17H,9-12H2,1-2H3,(H,29,30,31). The molecule has 5 aromatic rings. The Morgan fingerprint density at radius 2 is 1.69 bits per heavy atom. The topological polar surface area (TPSA) is 85.9 Å². The first kappa shape index (κ1) is 21.3. The first-order valence-corrected chi connectivity index (χ1v) is 11.6. The molecule has 0 atom stereocenters. The van der Waals surface area contributed by atoms with Crippen LogP contribution in [0.5, 0.6) is 0 Å². The van der Waals surface area contributed by atoms with E-state index in [9.17, 15) is 0 Å². The van der Waals surface area contributed by atoms with Gasteiger partial charge in [0, 0.05) is 61.6 Å². The second-order valence-electron chi connectivity index (χ2n) is 8.71. The van der Waals surface area contributed by atoms with E-state index in [1.807, 2.05) is 53.9 Å². The van der Waals surface area contributed by atoms with Gasteiger partial charge in [-0.25, -0.2) is 9.97 Å². The lowest BCUT2D eigenvalue weighted by Crippen LogP contribution is -2.37. The number of anilines is 3. The molecule has 0 saturated carbocycles. The predicted octanol–water partition coefficient (Wildman–Crippen LogP) is 4.01. The number of nitrogens with one attached hydrogen (secondary N) is 1. The number of ether oxygens (including phenoxy) is 1. The third-order valence-corrected chi connectivity index (χ3v) is 6.21. The molecule has 0 amide bonds. The molecular formula is C26H26N8O. The summed E-state index contributed by atoms with van der Waals surface area (Å²) in [6.45, 7) is 2.88. The van der Waals surface area contributed by atoms with Crippen LogP contribution in [0.2, 0.25) is 0 Å². The SMILES string of the molecule is Cn1cnc(-c2ccc(Nc3cc(-c4ccc5cnn(C)c5c4)nc(N4CCOCC4)n3)cc2)c1. The molecule has 1 N–H and O–H groups in total. The number of morpholine rings is 1. The molecule has 9 heteroatoms. The largest absolute Gasteiger partial charge is 0.378 e. The molecule has 1 aliphatic rings. The van der Waals surface area contributed by atoms with Crippen molar-refractivity contribution in [1.29, 1.82) is 0 Å². The van der Waals surface area contributed by atoms with Gasteiger partial charge in [-0.1, -0.05) is 24.3 Å². The lowest BCUT2D eigenvalue weighted by molar-refractivity contribution is 0.122. The third kappa shape index (κ3) is 4.33. The van der Waals surface area contributed by atoms with Crippen molar-refractivity contribution in [3.05, 3.63) is 67.3 Å². The van der Waals surface area contributed by atoms with Gasteiger partial charge in [0.05, 0.1) is 42.6 Å². The second-order valence-corrected chi connectivity index (χ2v) is 8.71. The van der Waals surface area contributed by atoms with Crippen LogP contribution < -0.4 is 10.2 Å². The Labute approximate surface area is 203 Å². The van der Waals surface area contributed by atoms with Crippen molar-refractivity contribution in [3.63, 3.8) is 0 Å². The van der Waals surface area contributed by atoms with E-state index in [0.29, 0.717) is 19.2 Å². The third-order valence-electron chi connectivity index (χ3n) is 6.21. The maximum atomic E-state index is 5.53. The number of aryl methyl sites for hydroxylation is 2. The summed E-state index contributed by atoms with van der Waals surface area (Å²) in [4.78, 5) is 16.4. The van der Waals surface area contributed by atoms with Gasteiger partial charge in [-0.15, -0.1) is 0 Å². The molecule has 4 heterocycles. The summed E-state index contributed by atoms with van der Waals surface area (Å²) in [6, 6.07) is 16.5. The number of benzene rings is 2. The summed E-state index contributed by atoms with van der Waals surface area (Å²) in [6.07, 6.45) is 5.69. The summed E-state index contributed by atoms with van der Waals surface area (Å²) in [5.74, 6) is 1.44. The Bertz CT molecular complexity index is 1480. The van der Waals surface area contributed by atoms with Gasteiger partial charge in [0.1, 0.15) is 5.82 Å². The number of rotatable bonds is 5. The summed E-state index contributed by atoms with van der Waals surface area (Å²) in [7, 11) is 3.92. The summed E-state index contributed by atoms with van der Waals surface area (Å²) in [5.41, 5.74) is 5.91. The van der Waals surface area contributed by atoms with Crippen LogP contribution in [0.4, 0.5) is 17.5 Å². The molecule has 0 radical (unpaired) electrons. The molecule has 9 nitrogen and oxygen atoms in total. The van der Waals surface area contributed by atoms with Crippen molar-refractivity contribution in [3.8, 4) is 22.5 Å². The predicted molar refractivity (Wildman–Crippen MR) is 137 cm³/mol. The van der Waals surface area contributed by atoms with Crippen LogP contribution in [0.3, 0.4) is 0 Å². The van der Waals surface area contributed by atoms with Crippen molar-refractivity contribution < 1.29 is 4.74 Å². The average Bonchev–Trinajstić information content (AvgIpc) is 3.50. The fourth-order valence-corrected chi connectivity index (χ4v) is 4.29. The van der Waals surface area contributed by atoms with Crippen molar-refractivity contribution in [2.45, 2.75) is 0 Å². The van der Waals surface area contributed by atoms with Gasteiger partial charge in [-0.3, -0.25) is 4.68 Å². The van der Waals surface area contributed by atoms with Crippen LogP contribution in [0.25, 0.3) is 33.4 Å². The molecule has 1 aliphatic heterocycles. The van der Waals surface area contributed by atoms with Gasteiger partial charge in [-0.2, -0.15) is 10.1 Å². The molecule has 176 valence electrons. The van der Waals surface area contributed by atoms with E-state index in [4.69, 9.17) is 14.7 Å². The molecule has 2 aromatic carbocycles. The van der Waals surface area contributed by atoms with E-state index in [0.717, 1.165) is 58.0 Å². The molecule has 3 aromatic heterocycles. The fraction of sp³-hybridized carbons (Fsp3) is 0.231. The minimum Gasteiger partial charge on any atom is -0.378 e. The van der Waals surface area contributed by atoms with E-state index in [1.165, 1.54) is 0 Å². The zero-order valence-electron chi connectivity index (χ0n) is 19.7. The van der Waals surface area contributed by atoms with Crippen LogP contribution >= 0.6 is 0 Å². The zero-order chi connectivity index (χ0) is 23.8. The highest BCUT2D eigenvalue weighted by atomic mass is 16.5. The van der Waals surface area contributed by atoms with E-state index in [-0.39, 0.29) is 0 Å². The van der Waals surface area contributed by atoms with Gasteiger partial charge in [0.2, 0.25) is 5.95 Å². The zero-order valence-corrected chi connectivity index (χ0v) is 19.7. The normalized spacial score (nSPS) is 13.9. The lowest BCUT2D eigenvalue weighted by Gasteiger charge is -2.27. The van der Waals surface area contributed by atoms with Crippen molar-refractivity contribution in [1.82, 2.24) is 29.3 Å². The maximum absolute atomic E-state index is 5.53. The Morgan fingerprint density at radius 1 is 0.886 bits per heavy atom. The van der Waals surface area contributed by atoms with Crippen LogP contribution in [0.15, 0.2) is 67.3 Å². The van der Waals surface area contributed by atoms with Crippen LogP contribution in [-0.2, 0) is 18.8 Å². The second kappa shape index (κ2) is 8.84. The average molecular weight is 467 g/mol. The van der Waals surface area contributed by atoms with Crippen molar-refractivity contribution in [2.75, 3.05) is 36.5 Å². The molecule has 6 rings (SSSR count). The van der Waals surface area contributed by atoms with Crippen LogP contribution in [0.1, 0.15) is 0 Å². The van der Waals surface area contributed by atoms with Gasteiger partial charge in [0.15, 0.2) is 0 Å². The van der Waals surface area contributed by atoms with E-state index < -0.39 is 0 Å². The number of hydrogen-bond donors (Lipinski definition) is 1. The highest BCUT2D eigenvalue weighted by Crippen LogP contribution is 2.28. The highest BCUT2D eigenvalue weighted by molar-refractivity contribution is 5.84. The quantitative estimate of drug-likeness (QED) is 0.419. The van der Waals surface area contributed by atoms with E-state index >= 15 is 0 Å². The van der Waals surface area contributed by atoms with Gasteiger partial charge >= 0.3 is 0 Å². The molecule has 1 saturated heterocycles. The van der Waals surface area contributed by atoms with Crippen molar-refractivity contribution >= 4 is 28.4 Å². The van der Waals surface area contributed by atoms with Crippen LogP contribution in [-0.4, -0.2) is 55.6 Å². The summed E-state index contributed by atoms with van der Waals surface area (Å²) >= 11 is 0. The lowest BCUT2D eigenvalue weighted by atomic mass is 10.1. The summed E-state index contributed by atoms with van der Waals surface area (Å²) < 4.78 is 9.36. The molecule has 0 aliphatic carbocycles. The van der Waals surface area contributed by atoms with Crippen molar-refractivity contribution in [2.24, 2.45) is 14.1 Å². The van der Waals surface area contributed by atoms with Gasteiger partial charge in [-0.05, 0) is 18.2 Å². The smallest absolute Gasteiger partial charge is 0.228 e. The monoisotopic (exact) mass is 466 g/mol. The van der Waals surface area contributed by atoms with E-state index in [1.54, 1.807) is 6.33 Å². The Balaban J connectivity index is 1.35. The Hall–Kier alpha value is -4.24. The minimum absolute atomic E-state index is 0.673. The Morgan fingerprint density at radius 3 is 2.46 bits per heavy atom. The number of hydrogen-bond acceptors (Lipinski definition) is 7. The molecular weight excluding hydrogens is 440 g/mol. The number of nitrogens with zero attached hydrogens (tertiary/aromatic N) is 7. The first-order valence-electron chi connectivity index (χ1n) is 11.6. The van der Waals surface area contributed by atoms with Crippen LogP contribution in [0, 0.1) is 0 Å².